The summed E-state index contributed by atoms with van der Waals surface area (Å²) in [5.74, 6) is -2.06. The molecule has 1 heterocycles. The largest absolute Gasteiger partial charge is 0.319 e. The van der Waals surface area contributed by atoms with Crippen LogP contribution in [0.4, 0.5) is 14.5 Å². The Morgan fingerprint density at radius 2 is 1.62 bits per heavy atom. The number of halogens is 2. The monoisotopic (exact) mass is 389 g/mol. The smallest absolute Gasteiger partial charge is 0.259 e. The highest BCUT2D eigenvalue weighted by atomic mass is 19.1. The van der Waals surface area contributed by atoms with Gasteiger partial charge >= 0.3 is 0 Å². The molecule has 0 bridgehead atoms. The molecule has 4 aromatic rings. The molecule has 0 aliphatic heterocycles. The highest BCUT2D eigenvalue weighted by Gasteiger charge is 2.19. The van der Waals surface area contributed by atoms with Crippen molar-refractivity contribution in [2.24, 2.45) is 0 Å². The minimum Gasteiger partial charge on any atom is -0.319 e. The fourth-order valence-electron chi connectivity index (χ4n) is 3.03. The minimum absolute atomic E-state index is 0.0915. The van der Waals surface area contributed by atoms with E-state index in [0.717, 1.165) is 23.3 Å². The van der Waals surface area contributed by atoms with Crippen LogP contribution in [0.5, 0.6) is 0 Å². The van der Waals surface area contributed by atoms with E-state index >= 15 is 0 Å². The van der Waals surface area contributed by atoms with E-state index in [9.17, 15) is 13.6 Å². The molecule has 4 nitrogen and oxygen atoms in total. The van der Waals surface area contributed by atoms with Crippen molar-refractivity contribution in [2.45, 2.75) is 6.54 Å². The molecule has 0 unspecified atom stereocenters. The molecule has 1 aromatic heterocycles. The van der Waals surface area contributed by atoms with Crippen molar-refractivity contribution in [1.29, 1.82) is 0 Å². The number of carbonyl (C=O) groups is 1. The van der Waals surface area contributed by atoms with Crippen molar-refractivity contribution in [1.82, 2.24) is 9.78 Å². The standard InChI is InChI=1S/C23H17F2N3O/c24-18-11-12-21(20(25)13-18)26-23(29)19-15-28(14-16-7-3-1-4-8-16)27-22(19)17-9-5-2-6-10-17/h1-13,15H,14H2,(H,26,29). The lowest BCUT2D eigenvalue weighted by Gasteiger charge is -2.06. The summed E-state index contributed by atoms with van der Waals surface area (Å²) in [4.78, 5) is 12.9. The first-order valence-corrected chi connectivity index (χ1v) is 9.03. The third-order valence-electron chi connectivity index (χ3n) is 4.42. The number of carbonyl (C=O) groups excluding carboxylic acids is 1. The van der Waals surface area contributed by atoms with Gasteiger partial charge in [0.25, 0.3) is 5.91 Å². The van der Waals surface area contributed by atoms with Crippen LogP contribution >= 0.6 is 0 Å². The van der Waals surface area contributed by atoms with Gasteiger partial charge in [0.15, 0.2) is 0 Å². The molecule has 0 saturated heterocycles. The molecule has 0 atom stereocenters. The second-order valence-corrected chi connectivity index (χ2v) is 6.52. The van der Waals surface area contributed by atoms with Crippen LogP contribution in [0, 0.1) is 11.6 Å². The Bertz CT molecular complexity index is 1140. The quantitative estimate of drug-likeness (QED) is 0.514. The van der Waals surface area contributed by atoms with Crippen LogP contribution in [-0.2, 0) is 6.54 Å². The van der Waals surface area contributed by atoms with Gasteiger partial charge in [0.1, 0.15) is 17.3 Å². The van der Waals surface area contributed by atoms with Crippen LogP contribution in [0.15, 0.2) is 85.1 Å². The van der Waals surface area contributed by atoms with Crippen LogP contribution in [0.2, 0.25) is 0 Å². The van der Waals surface area contributed by atoms with E-state index in [0.29, 0.717) is 17.8 Å². The normalized spacial score (nSPS) is 10.7. The first-order chi connectivity index (χ1) is 14.1. The predicted molar refractivity (Wildman–Crippen MR) is 108 cm³/mol. The number of hydrogen-bond acceptors (Lipinski definition) is 2. The Balaban J connectivity index is 1.69. The first kappa shape index (κ1) is 18.6. The maximum atomic E-state index is 14.0. The zero-order valence-electron chi connectivity index (χ0n) is 15.3. The minimum atomic E-state index is -0.837. The Morgan fingerprint density at radius 3 is 2.31 bits per heavy atom. The van der Waals surface area contributed by atoms with Gasteiger partial charge in [-0.3, -0.25) is 9.48 Å². The fourth-order valence-corrected chi connectivity index (χ4v) is 3.03. The molecule has 1 amide bonds. The number of hydrogen-bond donors (Lipinski definition) is 1. The predicted octanol–water partition coefficient (Wildman–Crippen LogP) is 5.13. The molecule has 0 radical (unpaired) electrons. The second kappa shape index (κ2) is 8.06. The van der Waals surface area contributed by atoms with E-state index < -0.39 is 17.5 Å². The molecule has 1 N–H and O–H groups in total. The number of nitrogens with one attached hydrogen (secondary N) is 1. The van der Waals surface area contributed by atoms with E-state index in [-0.39, 0.29) is 5.69 Å². The van der Waals surface area contributed by atoms with E-state index in [1.54, 1.807) is 10.9 Å². The van der Waals surface area contributed by atoms with Crippen molar-refractivity contribution < 1.29 is 13.6 Å². The number of aromatic nitrogens is 2. The summed E-state index contributed by atoms with van der Waals surface area (Å²) in [6, 6.07) is 22.0. The van der Waals surface area contributed by atoms with Crippen molar-refractivity contribution >= 4 is 11.6 Å². The summed E-state index contributed by atoms with van der Waals surface area (Å²) in [7, 11) is 0. The van der Waals surface area contributed by atoms with Crippen LogP contribution in [0.3, 0.4) is 0 Å². The van der Waals surface area contributed by atoms with Gasteiger partial charge in [-0.1, -0.05) is 60.7 Å². The molecule has 0 aliphatic rings. The zero-order valence-corrected chi connectivity index (χ0v) is 15.3. The van der Waals surface area contributed by atoms with Gasteiger partial charge in [-0.2, -0.15) is 5.10 Å². The average molecular weight is 389 g/mol. The van der Waals surface area contributed by atoms with Crippen LogP contribution < -0.4 is 5.32 Å². The molecule has 4 rings (SSSR count). The Hall–Kier alpha value is -3.80. The Kier molecular flexibility index (Phi) is 5.16. The lowest BCUT2D eigenvalue weighted by atomic mass is 10.1. The molecule has 3 aromatic carbocycles. The third-order valence-corrected chi connectivity index (χ3v) is 4.42. The summed E-state index contributed by atoms with van der Waals surface area (Å²) in [6.45, 7) is 0.485. The third kappa shape index (κ3) is 4.21. The highest BCUT2D eigenvalue weighted by molar-refractivity contribution is 6.08. The van der Waals surface area contributed by atoms with Crippen molar-refractivity contribution in [3.63, 3.8) is 0 Å². The molecular weight excluding hydrogens is 372 g/mol. The van der Waals surface area contributed by atoms with Gasteiger partial charge in [-0.05, 0) is 17.7 Å². The lowest BCUT2D eigenvalue weighted by molar-refractivity contribution is 0.102. The summed E-state index contributed by atoms with van der Waals surface area (Å²) >= 11 is 0. The fraction of sp³-hybridized carbons (Fsp3) is 0.0435. The molecule has 0 saturated carbocycles. The highest BCUT2D eigenvalue weighted by Crippen LogP contribution is 2.24. The van der Waals surface area contributed by atoms with Gasteiger partial charge in [0, 0.05) is 17.8 Å². The number of nitrogens with zero attached hydrogens (tertiary/aromatic N) is 2. The Morgan fingerprint density at radius 1 is 0.931 bits per heavy atom. The average Bonchev–Trinajstić information content (AvgIpc) is 3.15. The first-order valence-electron chi connectivity index (χ1n) is 9.03. The molecule has 144 valence electrons. The second-order valence-electron chi connectivity index (χ2n) is 6.52. The number of anilines is 1. The van der Waals surface area contributed by atoms with Crippen molar-refractivity contribution in [3.8, 4) is 11.3 Å². The summed E-state index contributed by atoms with van der Waals surface area (Å²) in [5, 5.41) is 7.08. The van der Waals surface area contributed by atoms with Crippen molar-refractivity contribution in [3.05, 3.63) is 108 Å². The summed E-state index contributed by atoms with van der Waals surface area (Å²) in [6.07, 6.45) is 1.63. The Labute approximate surface area is 166 Å². The zero-order chi connectivity index (χ0) is 20.2. The molecule has 0 spiro atoms. The van der Waals surface area contributed by atoms with Crippen LogP contribution in [0.25, 0.3) is 11.3 Å². The van der Waals surface area contributed by atoms with Gasteiger partial charge < -0.3 is 5.32 Å². The van der Waals surface area contributed by atoms with Crippen LogP contribution in [-0.4, -0.2) is 15.7 Å². The van der Waals surface area contributed by atoms with E-state index in [1.807, 2.05) is 60.7 Å². The number of amides is 1. The van der Waals surface area contributed by atoms with E-state index in [4.69, 9.17) is 0 Å². The van der Waals surface area contributed by atoms with Gasteiger partial charge in [-0.25, -0.2) is 8.78 Å². The number of rotatable bonds is 5. The van der Waals surface area contributed by atoms with E-state index in [2.05, 4.69) is 10.4 Å². The molecule has 6 heteroatoms. The lowest BCUT2D eigenvalue weighted by Crippen LogP contribution is -2.13. The van der Waals surface area contributed by atoms with Gasteiger partial charge in [0.05, 0.1) is 17.8 Å². The number of benzene rings is 3. The maximum Gasteiger partial charge on any atom is 0.259 e. The topological polar surface area (TPSA) is 46.9 Å². The van der Waals surface area contributed by atoms with Crippen molar-refractivity contribution in [2.75, 3.05) is 5.32 Å². The molecule has 29 heavy (non-hydrogen) atoms. The summed E-state index contributed by atoms with van der Waals surface area (Å²) < 4.78 is 28.8. The molecular formula is C23H17F2N3O. The van der Waals surface area contributed by atoms with Gasteiger partial charge in [0.2, 0.25) is 0 Å². The molecule has 0 aliphatic carbocycles. The summed E-state index contributed by atoms with van der Waals surface area (Å²) in [5.41, 5.74) is 2.50. The molecule has 0 fully saturated rings. The maximum absolute atomic E-state index is 14.0. The van der Waals surface area contributed by atoms with Gasteiger partial charge in [-0.15, -0.1) is 0 Å². The SMILES string of the molecule is O=C(Nc1ccc(F)cc1F)c1cn(Cc2ccccc2)nc1-c1ccccc1. The van der Waals surface area contributed by atoms with E-state index in [1.165, 1.54) is 6.07 Å². The van der Waals surface area contributed by atoms with Crippen LogP contribution in [0.1, 0.15) is 15.9 Å².